The van der Waals surface area contributed by atoms with Crippen LogP contribution in [-0.4, -0.2) is 15.9 Å². The first-order chi connectivity index (χ1) is 6.02. The minimum Gasteiger partial charge on any atom is -0.484 e. The predicted octanol–water partition coefficient (Wildman–Crippen LogP) is 1.22. The first kappa shape index (κ1) is 10.1. The predicted molar refractivity (Wildman–Crippen MR) is 50.3 cm³/mol. The molecular weight excluding hydrogens is 192 g/mol. The highest BCUT2D eigenvalue weighted by atomic mass is 35.5. The van der Waals surface area contributed by atoms with Crippen molar-refractivity contribution >= 4 is 11.6 Å². The Labute approximate surface area is 81.1 Å². The Bertz CT molecular complexity index is 360. The van der Waals surface area contributed by atoms with Crippen LogP contribution in [0.1, 0.15) is 13.8 Å². The van der Waals surface area contributed by atoms with Crippen molar-refractivity contribution in [2.75, 3.05) is 0 Å². The Kier molecular flexibility index (Phi) is 2.93. The molecule has 0 atom stereocenters. The van der Waals surface area contributed by atoms with Crippen molar-refractivity contribution in [3.8, 4) is 5.75 Å². The molecule has 0 aromatic carbocycles. The summed E-state index contributed by atoms with van der Waals surface area (Å²) < 4.78 is 6.44. The number of aromatic nitrogens is 2. The van der Waals surface area contributed by atoms with Gasteiger partial charge in [0.05, 0.1) is 12.3 Å². The third-order valence-corrected chi connectivity index (χ3v) is 1.67. The second-order valence-electron chi connectivity index (χ2n) is 2.92. The quantitative estimate of drug-likeness (QED) is 0.725. The molecule has 0 aliphatic heterocycles. The van der Waals surface area contributed by atoms with Crippen LogP contribution in [0.3, 0.4) is 0 Å². The fourth-order valence-electron chi connectivity index (χ4n) is 0.840. The third kappa shape index (κ3) is 2.21. The van der Waals surface area contributed by atoms with Gasteiger partial charge in [-0.2, -0.15) is 5.10 Å². The van der Waals surface area contributed by atoms with Gasteiger partial charge in [-0.3, -0.25) is 4.79 Å². The number of aryl methyl sites for hydroxylation is 1. The second-order valence-corrected chi connectivity index (χ2v) is 3.32. The van der Waals surface area contributed by atoms with Gasteiger partial charge in [0, 0.05) is 7.05 Å². The fourth-order valence-corrected chi connectivity index (χ4v) is 1.01. The van der Waals surface area contributed by atoms with E-state index in [0.29, 0.717) is 0 Å². The van der Waals surface area contributed by atoms with Crippen LogP contribution >= 0.6 is 11.6 Å². The SMILES string of the molecule is CC(C)Oc1c(Cl)cnn(C)c1=O. The van der Waals surface area contributed by atoms with Crippen molar-refractivity contribution in [1.29, 1.82) is 0 Å². The maximum absolute atomic E-state index is 11.4. The van der Waals surface area contributed by atoms with E-state index in [-0.39, 0.29) is 22.4 Å². The van der Waals surface area contributed by atoms with E-state index < -0.39 is 0 Å². The zero-order chi connectivity index (χ0) is 10.0. The number of ether oxygens (including phenoxy) is 1. The smallest absolute Gasteiger partial charge is 0.310 e. The average molecular weight is 203 g/mol. The van der Waals surface area contributed by atoms with E-state index in [4.69, 9.17) is 16.3 Å². The van der Waals surface area contributed by atoms with E-state index in [1.807, 2.05) is 13.8 Å². The first-order valence-corrected chi connectivity index (χ1v) is 4.28. The molecule has 0 fully saturated rings. The molecule has 13 heavy (non-hydrogen) atoms. The van der Waals surface area contributed by atoms with E-state index in [0.717, 1.165) is 0 Å². The van der Waals surface area contributed by atoms with Crippen molar-refractivity contribution in [3.63, 3.8) is 0 Å². The van der Waals surface area contributed by atoms with Crippen LogP contribution in [0.15, 0.2) is 11.0 Å². The normalized spacial score (nSPS) is 10.5. The van der Waals surface area contributed by atoms with E-state index >= 15 is 0 Å². The van der Waals surface area contributed by atoms with Crippen molar-refractivity contribution in [1.82, 2.24) is 9.78 Å². The fraction of sp³-hybridized carbons (Fsp3) is 0.500. The van der Waals surface area contributed by atoms with Gasteiger partial charge < -0.3 is 4.74 Å². The third-order valence-electron chi connectivity index (χ3n) is 1.40. The number of hydrogen-bond acceptors (Lipinski definition) is 3. The van der Waals surface area contributed by atoms with Gasteiger partial charge >= 0.3 is 5.56 Å². The molecule has 0 aliphatic carbocycles. The average Bonchev–Trinajstić information content (AvgIpc) is 2.05. The summed E-state index contributed by atoms with van der Waals surface area (Å²) in [6.07, 6.45) is 1.31. The lowest BCUT2D eigenvalue weighted by Crippen LogP contribution is -2.23. The summed E-state index contributed by atoms with van der Waals surface area (Å²) in [7, 11) is 1.55. The van der Waals surface area contributed by atoms with Gasteiger partial charge in [-0.05, 0) is 13.8 Å². The van der Waals surface area contributed by atoms with E-state index in [1.54, 1.807) is 7.05 Å². The lowest BCUT2D eigenvalue weighted by molar-refractivity contribution is 0.236. The number of hydrogen-bond donors (Lipinski definition) is 0. The van der Waals surface area contributed by atoms with Crippen LogP contribution < -0.4 is 10.3 Å². The number of halogens is 1. The minimum absolute atomic E-state index is 0.0763. The molecule has 72 valence electrons. The zero-order valence-electron chi connectivity index (χ0n) is 7.74. The monoisotopic (exact) mass is 202 g/mol. The van der Waals surface area contributed by atoms with Crippen molar-refractivity contribution in [2.45, 2.75) is 20.0 Å². The molecule has 0 radical (unpaired) electrons. The molecule has 0 saturated carbocycles. The summed E-state index contributed by atoms with van der Waals surface area (Å²) in [6, 6.07) is 0. The Morgan fingerprint density at radius 3 is 2.77 bits per heavy atom. The topological polar surface area (TPSA) is 44.1 Å². The van der Waals surface area contributed by atoms with Crippen LogP contribution in [0.4, 0.5) is 0 Å². The molecule has 0 unspecified atom stereocenters. The lowest BCUT2D eigenvalue weighted by Gasteiger charge is -2.10. The summed E-state index contributed by atoms with van der Waals surface area (Å²) in [6.45, 7) is 3.66. The maximum Gasteiger partial charge on any atom is 0.310 e. The second kappa shape index (κ2) is 3.79. The van der Waals surface area contributed by atoms with Gasteiger partial charge in [-0.1, -0.05) is 11.6 Å². The van der Waals surface area contributed by atoms with Crippen LogP contribution in [0.2, 0.25) is 5.02 Å². The zero-order valence-corrected chi connectivity index (χ0v) is 8.50. The molecule has 1 aromatic rings. The molecule has 0 N–H and O–H groups in total. The summed E-state index contributed by atoms with van der Waals surface area (Å²) in [5.74, 6) is 0.161. The highest BCUT2D eigenvalue weighted by molar-refractivity contribution is 6.31. The molecule has 1 aromatic heterocycles. The van der Waals surface area contributed by atoms with E-state index in [9.17, 15) is 4.79 Å². The minimum atomic E-state index is -0.318. The van der Waals surface area contributed by atoms with Crippen molar-refractivity contribution < 1.29 is 4.74 Å². The molecule has 4 nitrogen and oxygen atoms in total. The van der Waals surface area contributed by atoms with Gasteiger partial charge in [-0.25, -0.2) is 4.68 Å². The summed E-state index contributed by atoms with van der Waals surface area (Å²) in [5.41, 5.74) is -0.318. The molecule has 1 heterocycles. The molecule has 0 bridgehead atoms. The van der Waals surface area contributed by atoms with Crippen molar-refractivity contribution in [3.05, 3.63) is 21.6 Å². The van der Waals surface area contributed by atoms with Gasteiger partial charge in [0.25, 0.3) is 0 Å². The lowest BCUT2D eigenvalue weighted by atomic mass is 10.4. The van der Waals surface area contributed by atoms with Gasteiger partial charge in [-0.15, -0.1) is 0 Å². The van der Waals surface area contributed by atoms with E-state index in [1.165, 1.54) is 10.9 Å². The Balaban J connectivity index is 3.18. The molecule has 0 aliphatic rings. The van der Waals surface area contributed by atoms with Gasteiger partial charge in [0.2, 0.25) is 5.75 Å². The highest BCUT2D eigenvalue weighted by Crippen LogP contribution is 2.18. The maximum atomic E-state index is 11.4. The number of rotatable bonds is 2. The molecule has 0 amide bonds. The molecular formula is C8H11ClN2O2. The Morgan fingerprint density at radius 2 is 2.23 bits per heavy atom. The largest absolute Gasteiger partial charge is 0.484 e. The number of nitrogens with zero attached hydrogens (tertiary/aromatic N) is 2. The molecule has 0 spiro atoms. The first-order valence-electron chi connectivity index (χ1n) is 3.91. The summed E-state index contributed by atoms with van der Waals surface area (Å²) in [4.78, 5) is 11.4. The summed E-state index contributed by atoms with van der Waals surface area (Å²) in [5, 5.41) is 3.99. The van der Waals surface area contributed by atoms with E-state index in [2.05, 4.69) is 5.10 Å². The molecule has 1 rings (SSSR count). The van der Waals surface area contributed by atoms with Crippen LogP contribution in [0.5, 0.6) is 5.75 Å². The summed E-state index contributed by atoms with van der Waals surface area (Å²) >= 11 is 5.74. The molecule has 0 saturated heterocycles. The molecule has 5 heteroatoms. The Morgan fingerprint density at radius 1 is 1.62 bits per heavy atom. The standard InChI is InChI=1S/C8H11ClN2O2/c1-5(2)13-7-6(9)4-10-11(3)8(7)12/h4-5H,1-3H3. The van der Waals surface area contributed by atoms with Crippen LogP contribution in [0, 0.1) is 0 Å². The Hall–Kier alpha value is -1.03. The van der Waals surface area contributed by atoms with Crippen molar-refractivity contribution in [2.24, 2.45) is 7.05 Å². The van der Waals surface area contributed by atoms with Gasteiger partial charge in [0.15, 0.2) is 0 Å². The van der Waals surface area contributed by atoms with Crippen LogP contribution in [-0.2, 0) is 7.05 Å². The van der Waals surface area contributed by atoms with Gasteiger partial charge in [0.1, 0.15) is 5.02 Å². The highest BCUT2D eigenvalue weighted by Gasteiger charge is 2.10. The van der Waals surface area contributed by atoms with Crippen LogP contribution in [0.25, 0.3) is 0 Å².